The summed E-state index contributed by atoms with van der Waals surface area (Å²) in [6.45, 7) is 2.82. The smallest absolute Gasteiger partial charge is 0.338 e. The zero-order chi connectivity index (χ0) is 20.1. The molecule has 0 aromatic heterocycles. The van der Waals surface area contributed by atoms with Gasteiger partial charge in [-0.3, -0.25) is 0 Å². The van der Waals surface area contributed by atoms with Crippen molar-refractivity contribution in [2.24, 2.45) is 0 Å². The second-order valence-electron chi connectivity index (χ2n) is 6.83. The van der Waals surface area contributed by atoms with Crippen LogP contribution >= 0.6 is 0 Å². The lowest BCUT2D eigenvalue weighted by atomic mass is 10.1. The summed E-state index contributed by atoms with van der Waals surface area (Å²) in [6.07, 6.45) is 2.76. The molecule has 1 aliphatic rings. The van der Waals surface area contributed by atoms with Crippen LogP contribution in [-0.4, -0.2) is 38.9 Å². The number of hydrogen-bond acceptors (Lipinski definition) is 5. The standard InChI is InChI=1S/C21H25NO5S/c1-16-10-11-17(14-20(16)28(24,25)22-12-6-3-7-13-22)21(23)27-15-18-8-4-5-9-19(18)26-2/h4-5,8-11,14H,3,6-7,12-13,15H2,1-2H3. The first-order valence-corrected chi connectivity index (χ1v) is 10.8. The van der Waals surface area contributed by atoms with Crippen molar-refractivity contribution in [3.05, 3.63) is 59.2 Å². The number of aryl methyl sites for hydroxylation is 1. The van der Waals surface area contributed by atoms with Crippen molar-refractivity contribution in [2.75, 3.05) is 20.2 Å². The number of piperidine rings is 1. The van der Waals surface area contributed by atoms with Gasteiger partial charge in [-0.15, -0.1) is 0 Å². The lowest BCUT2D eigenvalue weighted by Crippen LogP contribution is -2.36. The van der Waals surface area contributed by atoms with Gasteiger partial charge in [0.25, 0.3) is 0 Å². The molecule has 0 saturated carbocycles. The van der Waals surface area contributed by atoms with Crippen molar-refractivity contribution in [3.8, 4) is 5.75 Å². The van der Waals surface area contributed by atoms with Crippen molar-refractivity contribution < 1.29 is 22.7 Å². The Kier molecular flexibility index (Phi) is 6.36. The van der Waals surface area contributed by atoms with Gasteiger partial charge >= 0.3 is 5.97 Å². The lowest BCUT2D eigenvalue weighted by molar-refractivity contribution is 0.0470. The van der Waals surface area contributed by atoms with E-state index in [9.17, 15) is 13.2 Å². The molecular formula is C21H25NO5S. The summed E-state index contributed by atoms with van der Waals surface area (Å²) in [6, 6.07) is 11.9. The van der Waals surface area contributed by atoms with Gasteiger partial charge in [0.05, 0.1) is 17.6 Å². The maximum atomic E-state index is 13.0. The number of carbonyl (C=O) groups excluding carboxylic acids is 1. The van der Waals surface area contributed by atoms with E-state index in [0.717, 1.165) is 24.8 Å². The third kappa shape index (κ3) is 4.36. The average molecular weight is 404 g/mol. The van der Waals surface area contributed by atoms with Crippen LogP contribution in [0.15, 0.2) is 47.4 Å². The Morgan fingerprint density at radius 2 is 1.79 bits per heavy atom. The molecule has 0 amide bonds. The second kappa shape index (κ2) is 8.75. The lowest BCUT2D eigenvalue weighted by Gasteiger charge is -2.26. The molecule has 1 fully saturated rings. The van der Waals surface area contributed by atoms with Crippen LogP contribution in [-0.2, 0) is 21.4 Å². The number of para-hydroxylation sites is 1. The number of nitrogens with zero attached hydrogens (tertiary/aromatic N) is 1. The molecule has 6 nitrogen and oxygen atoms in total. The van der Waals surface area contributed by atoms with Crippen molar-refractivity contribution in [3.63, 3.8) is 0 Å². The van der Waals surface area contributed by atoms with E-state index in [4.69, 9.17) is 9.47 Å². The van der Waals surface area contributed by atoms with Crippen LogP contribution in [0.4, 0.5) is 0 Å². The predicted octanol–water partition coefficient (Wildman–Crippen LogP) is 3.54. The zero-order valence-corrected chi connectivity index (χ0v) is 17.0. The van der Waals surface area contributed by atoms with E-state index in [1.165, 1.54) is 10.4 Å². The molecule has 0 aliphatic carbocycles. The number of carbonyl (C=O) groups is 1. The van der Waals surface area contributed by atoms with Crippen molar-refractivity contribution >= 4 is 16.0 Å². The monoisotopic (exact) mass is 403 g/mol. The molecule has 0 N–H and O–H groups in total. The number of sulfonamides is 1. The maximum Gasteiger partial charge on any atom is 0.338 e. The Bertz CT molecular complexity index is 949. The van der Waals surface area contributed by atoms with Gasteiger partial charge in [-0.1, -0.05) is 30.7 Å². The quantitative estimate of drug-likeness (QED) is 0.690. The predicted molar refractivity (Wildman–Crippen MR) is 106 cm³/mol. The summed E-state index contributed by atoms with van der Waals surface area (Å²) < 4.78 is 38.1. The first-order chi connectivity index (χ1) is 13.4. The summed E-state index contributed by atoms with van der Waals surface area (Å²) in [4.78, 5) is 12.7. The fraction of sp³-hybridized carbons (Fsp3) is 0.381. The van der Waals surface area contributed by atoms with Crippen molar-refractivity contribution in [1.29, 1.82) is 0 Å². The Labute approximate surface area is 166 Å². The van der Waals surface area contributed by atoms with E-state index in [1.807, 2.05) is 18.2 Å². The topological polar surface area (TPSA) is 72.9 Å². The average Bonchev–Trinajstić information content (AvgIpc) is 2.73. The van der Waals surface area contributed by atoms with Crippen molar-refractivity contribution in [2.45, 2.75) is 37.7 Å². The third-order valence-corrected chi connectivity index (χ3v) is 6.95. The molecule has 0 unspecified atom stereocenters. The highest BCUT2D eigenvalue weighted by Gasteiger charge is 2.28. The summed E-state index contributed by atoms with van der Waals surface area (Å²) in [7, 11) is -2.07. The number of methoxy groups -OCH3 is 1. The van der Waals surface area contributed by atoms with Crippen LogP contribution in [0.25, 0.3) is 0 Å². The largest absolute Gasteiger partial charge is 0.496 e. The van der Waals surface area contributed by atoms with Crippen LogP contribution in [0.1, 0.15) is 40.7 Å². The third-order valence-electron chi connectivity index (χ3n) is 4.91. The highest BCUT2D eigenvalue weighted by atomic mass is 32.2. The van der Waals surface area contributed by atoms with Gasteiger partial charge in [0.2, 0.25) is 10.0 Å². The summed E-state index contributed by atoms with van der Waals surface area (Å²) in [5, 5.41) is 0. The number of hydrogen-bond donors (Lipinski definition) is 0. The summed E-state index contributed by atoms with van der Waals surface area (Å²) >= 11 is 0. The van der Waals surface area contributed by atoms with Gasteiger partial charge in [0, 0.05) is 18.7 Å². The Balaban J connectivity index is 1.79. The normalized spacial score (nSPS) is 15.2. The molecule has 1 aliphatic heterocycles. The molecule has 1 saturated heterocycles. The van der Waals surface area contributed by atoms with Gasteiger partial charge in [0.15, 0.2) is 0 Å². The van der Waals surface area contributed by atoms with Crippen LogP contribution < -0.4 is 4.74 Å². The number of ether oxygens (including phenoxy) is 2. The molecule has 2 aromatic carbocycles. The van der Waals surface area contributed by atoms with Crippen LogP contribution in [0.2, 0.25) is 0 Å². The van der Waals surface area contributed by atoms with Crippen LogP contribution in [0.3, 0.4) is 0 Å². The van der Waals surface area contributed by atoms with E-state index in [0.29, 0.717) is 24.4 Å². The van der Waals surface area contributed by atoms with Gasteiger partial charge in [0.1, 0.15) is 12.4 Å². The zero-order valence-electron chi connectivity index (χ0n) is 16.2. The maximum absolute atomic E-state index is 13.0. The van der Waals surface area contributed by atoms with E-state index < -0.39 is 16.0 Å². The summed E-state index contributed by atoms with van der Waals surface area (Å²) in [5.41, 5.74) is 1.58. The van der Waals surface area contributed by atoms with Gasteiger partial charge < -0.3 is 9.47 Å². The minimum absolute atomic E-state index is 0.0466. The van der Waals surface area contributed by atoms with E-state index in [2.05, 4.69) is 0 Å². The molecule has 0 bridgehead atoms. The first-order valence-electron chi connectivity index (χ1n) is 9.33. The molecule has 3 rings (SSSR count). The molecule has 150 valence electrons. The van der Waals surface area contributed by atoms with Gasteiger partial charge in [-0.05, 0) is 43.5 Å². The fourth-order valence-corrected chi connectivity index (χ4v) is 5.07. The van der Waals surface area contributed by atoms with Crippen LogP contribution in [0, 0.1) is 6.92 Å². The fourth-order valence-electron chi connectivity index (χ4n) is 3.30. The minimum atomic E-state index is -3.62. The van der Waals surface area contributed by atoms with E-state index in [1.54, 1.807) is 32.2 Å². The van der Waals surface area contributed by atoms with Crippen molar-refractivity contribution in [1.82, 2.24) is 4.31 Å². The molecule has 1 heterocycles. The Morgan fingerprint density at radius 1 is 1.07 bits per heavy atom. The minimum Gasteiger partial charge on any atom is -0.496 e. The molecular weight excluding hydrogens is 378 g/mol. The van der Waals surface area contributed by atoms with E-state index >= 15 is 0 Å². The first kappa shape index (κ1) is 20.4. The Hall–Kier alpha value is -2.38. The van der Waals surface area contributed by atoms with Crippen LogP contribution in [0.5, 0.6) is 5.75 Å². The molecule has 0 spiro atoms. The Morgan fingerprint density at radius 3 is 2.50 bits per heavy atom. The van der Waals surface area contributed by atoms with Gasteiger partial charge in [-0.25, -0.2) is 13.2 Å². The molecule has 2 aromatic rings. The molecule has 28 heavy (non-hydrogen) atoms. The number of rotatable bonds is 6. The number of benzene rings is 2. The van der Waals surface area contributed by atoms with E-state index in [-0.39, 0.29) is 17.1 Å². The highest BCUT2D eigenvalue weighted by molar-refractivity contribution is 7.89. The second-order valence-corrected chi connectivity index (χ2v) is 8.74. The molecule has 0 atom stereocenters. The summed E-state index contributed by atoms with van der Waals surface area (Å²) in [5.74, 6) is 0.0635. The molecule has 0 radical (unpaired) electrons. The highest BCUT2D eigenvalue weighted by Crippen LogP contribution is 2.25. The number of esters is 1. The van der Waals surface area contributed by atoms with Gasteiger partial charge in [-0.2, -0.15) is 4.31 Å². The molecule has 7 heteroatoms. The SMILES string of the molecule is COc1ccccc1COC(=O)c1ccc(C)c(S(=O)(=O)N2CCCCC2)c1.